The molecule has 1 amide bonds. The maximum absolute atomic E-state index is 12.1. The molecule has 2 rings (SSSR count). The van der Waals surface area contributed by atoms with Crippen LogP contribution in [-0.2, 0) is 9.53 Å². The first-order valence-corrected chi connectivity index (χ1v) is 7.83. The Morgan fingerprint density at radius 2 is 2.05 bits per heavy atom. The molecule has 0 saturated carbocycles. The van der Waals surface area contributed by atoms with Gasteiger partial charge in [-0.3, -0.25) is 14.5 Å². The molecule has 1 aromatic rings. The molecule has 1 aromatic carbocycles. The second kappa shape index (κ2) is 8.06. The van der Waals surface area contributed by atoms with E-state index in [-0.39, 0.29) is 11.7 Å². The number of likely N-dealkylation sites (tertiary alicyclic amines) is 1. The molecular weight excluding hydrogens is 280 g/mol. The minimum Gasteiger partial charge on any atom is -0.378 e. The molecule has 1 N–H and O–H groups in total. The van der Waals surface area contributed by atoms with E-state index in [1.54, 1.807) is 24.3 Å². The zero-order chi connectivity index (χ0) is 15.9. The summed E-state index contributed by atoms with van der Waals surface area (Å²) in [6.07, 6.45) is 2.28. The highest BCUT2D eigenvalue weighted by atomic mass is 16.5. The standard InChI is InChI=1S/C17H24N2O3/c1-3-22-16-7-9-19(10-8-16)12-17(21)18-15-6-4-5-14(11-15)13(2)20/h4-6,11,16H,3,7-10,12H2,1-2H3,(H,18,21). The van der Waals surface area contributed by atoms with Crippen LogP contribution in [0.25, 0.3) is 0 Å². The zero-order valence-electron chi connectivity index (χ0n) is 13.3. The summed E-state index contributed by atoms with van der Waals surface area (Å²) in [6.45, 7) is 6.41. The number of amides is 1. The van der Waals surface area contributed by atoms with Crippen LogP contribution >= 0.6 is 0 Å². The van der Waals surface area contributed by atoms with Crippen molar-refractivity contribution in [2.75, 3.05) is 31.6 Å². The molecule has 0 aromatic heterocycles. The predicted octanol–water partition coefficient (Wildman–Crippen LogP) is 2.33. The number of piperidine rings is 1. The number of hydrogen-bond donors (Lipinski definition) is 1. The number of rotatable bonds is 6. The lowest BCUT2D eigenvalue weighted by atomic mass is 10.1. The third-order valence-corrected chi connectivity index (χ3v) is 3.86. The van der Waals surface area contributed by atoms with Gasteiger partial charge in [-0.05, 0) is 38.8 Å². The SMILES string of the molecule is CCOC1CCN(CC(=O)Nc2cccc(C(C)=O)c2)CC1. The molecule has 5 nitrogen and oxygen atoms in total. The van der Waals surface area contributed by atoms with E-state index in [2.05, 4.69) is 10.2 Å². The Kier molecular flexibility index (Phi) is 6.10. The van der Waals surface area contributed by atoms with Gasteiger partial charge in [0, 0.05) is 30.9 Å². The van der Waals surface area contributed by atoms with Crippen molar-refractivity contribution in [2.45, 2.75) is 32.8 Å². The second-order valence-corrected chi connectivity index (χ2v) is 5.62. The third-order valence-electron chi connectivity index (χ3n) is 3.86. The Balaban J connectivity index is 1.81. The van der Waals surface area contributed by atoms with Gasteiger partial charge in [-0.15, -0.1) is 0 Å². The van der Waals surface area contributed by atoms with Crippen molar-refractivity contribution in [3.63, 3.8) is 0 Å². The van der Waals surface area contributed by atoms with Crippen molar-refractivity contribution in [3.8, 4) is 0 Å². The van der Waals surface area contributed by atoms with E-state index in [4.69, 9.17) is 4.74 Å². The predicted molar refractivity (Wildman–Crippen MR) is 86.2 cm³/mol. The van der Waals surface area contributed by atoms with Crippen LogP contribution in [0.15, 0.2) is 24.3 Å². The van der Waals surface area contributed by atoms with Gasteiger partial charge in [0.25, 0.3) is 0 Å². The van der Waals surface area contributed by atoms with Gasteiger partial charge in [0.15, 0.2) is 5.78 Å². The summed E-state index contributed by atoms with van der Waals surface area (Å²) < 4.78 is 5.61. The first kappa shape index (κ1) is 16.6. The van der Waals surface area contributed by atoms with Crippen molar-refractivity contribution in [1.82, 2.24) is 4.90 Å². The lowest BCUT2D eigenvalue weighted by molar-refractivity contribution is -0.118. The number of ether oxygens (including phenoxy) is 1. The molecule has 1 heterocycles. The normalized spacial score (nSPS) is 16.5. The van der Waals surface area contributed by atoms with Gasteiger partial charge in [-0.2, -0.15) is 0 Å². The number of anilines is 1. The van der Waals surface area contributed by atoms with Crippen LogP contribution in [0, 0.1) is 0 Å². The molecule has 0 aliphatic carbocycles. The van der Waals surface area contributed by atoms with Crippen LogP contribution in [0.4, 0.5) is 5.69 Å². The molecule has 0 spiro atoms. The largest absolute Gasteiger partial charge is 0.378 e. The Bertz CT molecular complexity index is 522. The minimum atomic E-state index is -0.0458. The molecule has 22 heavy (non-hydrogen) atoms. The van der Waals surface area contributed by atoms with E-state index in [1.165, 1.54) is 6.92 Å². The van der Waals surface area contributed by atoms with Gasteiger partial charge in [-0.25, -0.2) is 0 Å². The maximum atomic E-state index is 12.1. The van der Waals surface area contributed by atoms with Gasteiger partial charge in [0.05, 0.1) is 12.6 Å². The van der Waals surface area contributed by atoms with Gasteiger partial charge in [0.2, 0.25) is 5.91 Å². The molecule has 5 heteroatoms. The first-order chi connectivity index (χ1) is 10.6. The van der Waals surface area contributed by atoms with E-state index in [9.17, 15) is 9.59 Å². The summed E-state index contributed by atoms with van der Waals surface area (Å²) >= 11 is 0. The van der Waals surface area contributed by atoms with E-state index in [1.807, 2.05) is 6.92 Å². The summed E-state index contributed by atoms with van der Waals surface area (Å²) in [5.74, 6) is -0.0512. The molecule has 1 fully saturated rings. The van der Waals surface area contributed by atoms with Crippen molar-refractivity contribution in [2.24, 2.45) is 0 Å². The first-order valence-electron chi connectivity index (χ1n) is 7.83. The highest BCUT2D eigenvalue weighted by Crippen LogP contribution is 2.14. The molecule has 120 valence electrons. The zero-order valence-corrected chi connectivity index (χ0v) is 13.3. The van der Waals surface area contributed by atoms with Gasteiger partial charge in [0.1, 0.15) is 0 Å². The van der Waals surface area contributed by atoms with Gasteiger partial charge >= 0.3 is 0 Å². The van der Waals surface area contributed by atoms with Crippen LogP contribution in [0.1, 0.15) is 37.0 Å². The molecule has 0 atom stereocenters. The summed E-state index contributed by atoms with van der Waals surface area (Å²) in [5, 5.41) is 2.86. The number of carbonyl (C=O) groups is 2. The number of nitrogens with zero attached hydrogens (tertiary/aromatic N) is 1. The van der Waals surface area contributed by atoms with Crippen molar-refractivity contribution in [1.29, 1.82) is 0 Å². The quantitative estimate of drug-likeness (QED) is 0.820. The fourth-order valence-electron chi connectivity index (χ4n) is 2.69. The highest BCUT2D eigenvalue weighted by molar-refractivity contribution is 5.97. The van der Waals surface area contributed by atoms with Crippen molar-refractivity contribution >= 4 is 17.4 Å². The fourth-order valence-corrected chi connectivity index (χ4v) is 2.69. The van der Waals surface area contributed by atoms with E-state index in [0.717, 1.165) is 32.5 Å². The molecule has 0 unspecified atom stereocenters. The highest BCUT2D eigenvalue weighted by Gasteiger charge is 2.20. The smallest absolute Gasteiger partial charge is 0.238 e. The Hall–Kier alpha value is -1.72. The summed E-state index contributed by atoms with van der Waals surface area (Å²) in [7, 11) is 0. The van der Waals surface area contributed by atoms with E-state index < -0.39 is 0 Å². The molecule has 1 aliphatic rings. The lowest BCUT2D eigenvalue weighted by Gasteiger charge is -2.31. The topological polar surface area (TPSA) is 58.6 Å². The van der Waals surface area contributed by atoms with Gasteiger partial charge in [-0.1, -0.05) is 12.1 Å². The van der Waals surface area contributed by atoms with Crippen molar-refractivity contribution < 1.29 is 14.3 Å². The van der Waals surface area contributed by atoms with Crippen LogP contribution in [0.2, 0.25) is 0 Å². The Labute approximate surface area is 131 Å². The maximum Gasteiger partial charge on any atom is 0.238 e. The molecule has 0 bridgehead atoms. The number of hydrogen-bond acceptors (Lipinski definition) is 4. The average molecular weight is 304 g/mol. The average Bonchev–Trinajstić information content (AvgIpc) is 2.49. The van der Waals surface area contributed by atoms with Crippen molar-refractivity contribution in [3.05, 3.63) is 29.8 Å². The number of ketones is 1. The number of carbonyl (C=O) groups excluding carboxylic acids is 2. The molecule has 0 radical (unpaired) electrons. The van der Waals surface area contributed by atoms with Crippen LogP contribution in [-0.4, -0.2) is 48.9 Å². The minimum absolute atomic E-state index is 0.00547. The van der Waals surface area contributed by atoms with Gasteiger partial charge < -0.3 is 10.1 Å². The number of Topliss-reactive ketones (excluding diaryl/α,β-unsaturated/α-hetero) is 1. The molecular formula is C17H24N2O3. The monoisotopic (exact) mass is 304 g/mol. The summed E-state index contributed by atoms with van der Waals surface area (Å²) in [6, 6.07) is 7.03. The lowest BCUT2D eigenvalue weighted by Crippen LogP contribution is -2.41. The summed E-state index contributed by atoms with van der Waals surface area (Å²) in [4.78, 5) is 25.6. The van der Waals surface area contributed by atoms with Crippen LogP contribution < -0.4 is 5.32 Å². The van der Waals surface area contributed by atoms with E-state index in [0.29, 0.717) is 23.9 Å². The van der Waals surface area contributed by atoms with Crippen LogP contribution in [0.3, 0.4) is 0 Å². The second-order valence-electron chi connectivity index (χ2n) is 5.62. The molecule has 1 saturated heterocycles. The Morgan fingerprint density at radius 3 is 2.68 bits per heavy atom. The van der Waals surface area contributed by atoms with Crippen LogP contribution in [0.5, 0.6) is 0 Å². The fraction of sp³-hybridized carbons (Fsp3) is 0.529. The third kappa shape index (κ3) is 4.93. The number of benzene rings is 1. The van der Waals surface area contributed by atoms with E-state index >= 15 is 0 Å². The number of nitrogens with one attached hydrogen (secondary N) is 1. The Morgan fingerprint density at radius 1 is 1.32 bits per heavy atom. The summed E-state index contributed by atoms with van der Waals surface area (Å²) in [5.41, 5.74) is 1.28. The molecule has 1 aliphatic heterocycles.